The van der Waals surface area contributed by atoms with Crippen LogP contribution >= 0.6 is 0 Å². The number of ether oxygens (including phenoxy) is 1. The average molecular weight is 264 g/mol. The first kappa shape index (κ1) is 15.5. The molecule has 0 heterocycles. The largest absolute Gasteiger partial charge is 0.497 e. The molecule has 106 valence electrons. The van der Waals surface area contributed by atoms with E-state index in [0.29, 0.717) is 13.1 Å². The van der Waals surface area contributed by atoms with E-state index in [4.69, 9.17) is 4.74 Å². The molecule has 0 fully saturated rings. The Bertz CT molecular complexity index is 393. The van der Waals surface area contributed by atoms with Gasteiger partial charge >= 0.3 is 0 Å². The van der Waals surface area contributed by atoms with Gasteiger partial charge in [0.15, 0.2) is 0 Å². The summed E-state index contributed by atoms with van der Waals surface area (Å²) < 4.78 is 5.15. The van der Waals surface area contributed by atoms with Crippen molar-refractivity contribution in [1.82, 2.24) is 10.6 Å². The van der Waals surface area contributed by atoms with Crippen LogP contribution in [0.1, 0.15) is 32.3 Å². The molecule has 4 nitrogen and oxygen atoms in total. The van der Waals surface area contributed by atoms with Crippen LogP contribution < -0.4 is 15.4 Å². The highest BCUT2D eigenvalue weighted by molar-refractivity contribution is 5.78. The number of hydrogen-bond donors (Lipinski definition) is 2. The molecular weight excluding hydrogens is 240 g/mol. The molecule has 1 unspecified atom stereocenters. The lowest BCUT2D eigenvalue weighted by Crippen LogP contribution is -2.38. The second kappa shape index (κ2) is 8.53. The van der Waals surface area contributed by atoms with Crippen LogP contribution in [0.3, 0.4) is 0 Å². The lowest BCUT2D eigenvalue weighted by Gasteiger charge is -2.13. The van der Waals surface area contributed by atoms with E-state index in [0.717, 1.165) is 24.2 Å². The quantitative estimate of drug-likeness (QED) is 0.756. The SMILES string of the molecule is CCCC(C)NC(=O)CNCc1cccc(OC)c1. The highest BCUT2D eigenvalue weighted by Gasteiger charge is 2.05. The summed E-state index contributed by atoms with van der Waals surface area (Å²) in [5, 5.41) is 6.10. The lowest BCUT2D eigenvalue weighted by molar-refractivity contribution is -0.120. The second-order valence-corrected chi connectivity index (χ2v) is 4.71. The smallest absolute Gasteiger partial charge is 0.234 e. The predicted molar refractivity (Wildman–Crippen MR) is 77.2 cm³/mol. The van der Waals surface area contributed by atoms with Crippen molar-refractivity contribution in [2.45, 2.75) is 39.3 Å². The first-order valence-corrected chi connectivity index (χ1v) is 6.78. The Hall–Kier alpha value is -1.55. The fraction of sp³-hybridized carbons (Fsp3) is 0.533. The van der Waals surface area contributed by atoms with E-state index in [1.807, 2.05) is 31.2 Å². The molecule has 0 saturated heterocycles. The summed E-state index contributed by atoms with van der Waals surface area (Å²) in [5.41, 5.74) is 1.11. The number of benzene rings is 1. The molecule has 0 radical (unpaired) electrons. The van der Waals surface area contributed by atoms with Gasteiger partial charge in [-0.25, -0.2) is 0 Å². The lowest BCUT2D eigenvalue weighted by atomic mass is 10.2. The van der Waals surface area contributed by atoms with E-state index >= 15 is 0 Å². The first-order valence-electron chi connectivity index (χ1n) is 6.78. The van der Waals surface area contributed by atoms with Crippen molar-refractivity contribution in [3.8, 4) is 5.75 Å². The third-order valence-electron chi connectivity index (χ3n) is 2.88. The topological polar surface area (TPSA) is 50.4 Å². The van der Waals surface area contributed by atoms with Crippen LogP contribution in [-0.2, 0) is 11.3 Å². The number of rotatable bonds is 8. The third kappa shape index (κ3) is 6.25. The maximum atomic E-state index is 11.6. The Morgan fingerprint density at radius 1 is 1.42 bits per heavy atom. The molecule has 0 saturated carbocycles. The van der Waals surface area contributed by atoms with Gasteiger partial charge in [0, 0.05) is 12.6 Å². The zero-order valence-electron chi connectivity index (χ0n) is 12.0. The van der Waals surface area contributed by atoms with Gasteiger partial charge in [-0.3, -0.25) is 4.79 Å². The summed E-state index contributed by atoms with van der Waals surface area (Å²) in [7, 11) is 1.65. The summed E-state index contributed by atoms with van der Waals surface area (Å²) in [6.45, 7) is 5.14. The Morgan fingerprint density at radius 2 is 2.21 bits per heavy atom. The number of methoxy groups -OCH3 is 1. The van der Waals surface area contributed by atoms with Gasteiger partial charge in [-0.15, -0.1) is 0 Å². The summed E-state index contributed by atoms with van der Waals surface area (Å²) in [5.74, 6) is 0.879. The molecule has 0 aliphatic rings. The average Bonchev–Trinajstić information content (AvgIpc) is 2.39. The van der Waals surface area contributed by atoms with Crippen molar-refractivity contribution < 1.29 is 9.53 Å². The Kier molecular flexibility index (Phi) is 6.97. The predicted octanol–water partition coefficient (Wildman–Crippen LogP) is 2.09. The second-order valence-electron chi connectivity index (χ2n) is 4.71. The Balaban J connectivity index is 2.27. The van der Waals surface area contributed by atoms with Gasteiger partial charge in [0.2, 0.25) is 5.91 Å². The molecule has 1 aromatic rings. The van der Waals surface area contributed by atoms with Crippen LogP contribution in [0.25, 0.3) is 0 Å². The first-order chi connectivity index (χ1) is 9.15. The maximum absolute atomic E-state index is 11.6. The van der Waals surface area contributed by atoms with Crippen LogP contribution in [0.15, 0.2) is 24.3 Å². The summed E-state index contributed by atoms with van der Waals surface area (Å²) in [6.07, 6.45) is 2.10. The molecular formula is C15H24N2O2. The van der Waals surface area contributed by atoms with E-state index in [-0.39, 0.29) is 11.9 Å². The molecule has 4 heteroatoms. The van der Waals surface area contributed by atoms with E-state index < -0.39 is 0 Å². The van der Waals surface area contributed by atoms with Crippen LogP contribution in [0.5, 0.6) is 5.75 Å². The molecule has 1 aromatic carbocycles. The number of carbonyl (C=O) groups is 1. The number of nitrogens with one attached hydrogen (secondary N) is 2. The van der Waals surface area contributed by atoms with Gasteiger partial charge in [0.1, 0.15) is 5.75 Å². The van der Waals surface area contributed by atoms with Gasteiger partial charge in [-0.1, -0.05) is 25.5 Å². The zero-order chi connectivity index (χ0) is 14.1. The molecule has 1 amide bonds. The van der Waals surface area contributed by atoms with Gasteiger partial charge in [-0.05, 0) is 31.0 Å². The fourth-order valence-corrected chi connectivity index (χ4v) is 1.93. The zero-order valence-corrected chi connectivity index (χ0v) is 12.0. The minimum Gasteiger partial charge on any atom is -0.497 e. The van der Waals surface area contributed by atoms with E-state index in [1.54, 1.807) is 7.11 Å². The van der Waals surface area contributed by atoms with E-state index in [2.05, 4.69) is 17.6 Å². The number of amides is 1. The van der Waals surface area contributed by atoms with Crippen LogP contribution in [-0.4, -0.2) is 25.6 Å². The Labute approximate surface area is 115 Å². The molecule has 2 N–H and O–H groups in total. The van der Waals surface area contributed by atoms with Gasteiger partial charge < -0.3 is 15.4 Å². The highest BCUT2D eigenvalue weighted by Crippen LogP contribution is 2.11. The molecule has 0 bridgehead atoms. The van der Waals surface area contributed by atoms with Crippen LogP contribution in [0.2, 0.25) is 0 Å². The monoisotopic (exact) mass is 264 g/mol. The normalized spacial score (nSPS) is 11.9. The molecule has 0 aliphatic heterocycles. The molecule has 1 rings (SSSR count). The molecule has 0 spiro atoms. The molecule has 0 aliphatic carbocycles. The van der Waals surface area contributed by atoms with Crippen LogP contribution in [0, 0.1) is 0 Å². The molecule has 1 atom stereocenters. The summed E-state index contributed by atoms with van der Waals surface area (Å²) in [4.78, 5) is 11.6. The molecule has 19 heavy (non-hydrogen) atoms. The molecule has 0 aromatic heterocycles. The Morgan fingerprint density at radius 3 is 2.89 bits per heavy atom. The standard InChI is InChI=1S/C15H24N2O2/c1-4-6-12(2)17-15(18)11-16-10-13-7-5-8-14(9-13)19-3/h5,7-9,12,16H,4,6,10-11H2,1-3H3,(H,17,18). The highest BCUT2D eigenvalue weighted by atomic mass is 16.5. The number of hydrogen-bond acceptors (Lipinski definition) is 3. The minimum absolute atomic E-state index is 0.0452. The van der Waals surface area contributed by atoms with Crippen molar-refractivity contribution in [3.05, 3.63) is 29.8 Å². The number of carbonyl (C=O) groups excluding carboxylic acids is 1. The minimum atomic E-state index is 0.0452. The fourth-order valence-electron chi connectivity index (χ4n) is 1.93. The van der Waals surface area contributed by atoms with Crippen molar-refractivity contribution in [3.63, 3.8) is 0 Å². The van der Waals surface area contributed by atoms with Crippen LogP contribution in [0.4, 0.5) is 0 Å². The van der Waals surface area contributed by atoms with Gasteiger partial charge in [0.05, 0.1) is 13.7 Å². The van der Waals surface area contributed by atoms with Gasteiger partial charge in [0.25, 0.3) is 0 Å². The van der Waals surface area contributed by atoms with E-state index in [1.165, 1.54) is 0 Å². The van der Waals surface area contributed by atoms with Crippen molar-refractivity contribution >= 4 is 5.91 Å². The third-order valence-corrected chi connectivity index (χ3v) is 2.88. The maximum Gasteiger partial charge on any atom is 0.234 e. The van der Waals surface area contributed by atoms with E-state index in [9.17, 15) is 4.79 Å². The summed E-state index contributed by atoms with van der Waals surface area (Å²) >= 11 is 0. The summed E-state index contributed by atoms with van der Waals surface area (Å²) in [6, 6.07) is 8.07. The van der Waals surface area contributed by atoms with Crippen molar-refractivity contribution in [2.75, 3.05) is 13.7 Å². The van der Waals surface area contributed by atoms with Gasteiger partial charge in [-0.2, -0.15) is 0 Å². The van der Waals surface area contributed by atoms with Crippen molar-refractivity contribution in [1.29, 1.82) is 0 Å². The van der Waals surface area contributed by atoms with Crippen molar-refractivity contribution in [2.24, 2.45) is 0 Å².